The van der Waals surface area contributed by atoms with E-state index in [0.717, 1.165) is 22.3 Å². The molecule has 38 heavy (non-hydrogen) atoms. The predicted octanol–water partition coefficient (Wildman–Crippen LogP) is 5.35. The van der Waals surface area contributed by atoms with Gasteiger partial charge in [-0.25, -0.2) is 4.79 Å². The van der Waals surface area contributed by atoms with E-state index in [1.165, 1.54) is 0 Å². The zero-order chi connectivity index (χ0) is 26.7. The molecule has 4 rings (SSSR count). The van der Waals surface area contributed by atoms with Crippen molar-refractivity contribution in [3.8, 4) is 0 Å². The van der Waals surface area contributed by atoms with Crippen molar-refractivity contribution in [1.82, 2.24) is 10.6 Å². The normalized spacial score (nSPS) is 11.3. The summed E-state index contributed by atoms with van der Waals surface area (Å²) in [5.74, 6) is -1.81. The number of carbonyl (C=O) groups excluding carboxylic acids is 2. The fraction of sp³-hybridized carbons (Fsp3) is 0.129. The molecule has 0 saturated heterocycles. The smallest absolute Gasteiger partial charge is 0.319 e. The number of urea groups is 1. The average molecular weight is 508 g/mol. The lowest BCUT2D eigenvalue weighted by atomic mass is 9.91. The number of carbonyl (C=O) groups is 3. The first-order chi connectivity index (χ1) is 18.5. The molecule has 0 fully saturated rings. The SMILES string of the molecule is O=C(NCc1ccccc1)Nc1cccc(C(=O)NCc2cccc(CC(C(=O)O)c3ccccc3)c2)c1. The Balaban J connectivity index is 1.32. The second-order valence-electron chi connectivity index (χ2n) is 8.88. The van der Waals surface area contributed by atoms with Gasteiger partial charge in [0, 0.05) is 24.3 Å². The monoisotopic (exact) mass is 507 g/mol. The van der Waals surface area contributed by atoms with Gasteiger partial charge in [-0.3, -0.25) is 9.59 Å². The third-order valence-corrected chi connectivity index (χ3v) is 6.06. The van der Waals surface area contributed by atoms with Gasteiger partial charge in [-0.2, -0.15) is 0 Å². The third kappa shape index (κ3) is 7.54. The number of amides is 3. The highest BCUT2D eigenvalue weighted by Gasteiger charge is 2.20. The number of hydrogen-bond donors (Lipinski definition) is 4. The highest BCUT2D eigenvalue weighted by atomic mass is 16.4. The van der Waals surface area contributed by atoms with E-state index in [0.29, 0.717) is 24.2 Å². The molecule has 4 aromatic carbocycles. The maximum absolute atomic E-state index is 12.8. The van der Waals surface area contributed by atoms with E-state index in [2.05, 4.69) is 16.0 Å². The molecule has 4 aromatic rings. The third-order valence-electron chi connectivity index (χ3n) is 6.06. The molecular weight excluding hydrogens is 478 g/mol. The molecule has 1 unspecified atom stereocenters. The predicted molar refractivity (Wildman–Crippen MR) is 147 cm³/mol. The molecule has 3 amide bonds. The van der Waals surface area contributed by atoms with Crippen LogP contribution in [0.1, 0.15) is 38.5 Å². The lowest BCUT2D eigenvalue weighted by molar-refractivity contribution is -0.138. The Bertz CT molecular complexity index is 1390. The molecule has 0 aliphatic rings. The highest BCUT2D eigenvalue weighted by Crippen LogP contribution is 2.22. The van der Waals surface area contributed by atoms with Crippen molar-refractivity contribution in [2.24, 2.45) is 0 Å². The summed E-state index contributed by atoms with van der Waals surface area (Å²) in [6.07, 6.45) is 0.348. The number of rotatable bonds is 10. The van der Waals surface area contributed by atoms with E-state index in [9.17, 15) is 19.5 Å². The molecule has 0 radical (unpaired) electrons. The van der Waals surface area contributed by atoms with Crippen LogP contribution in [0.5, 0.6) is 0 Å². The number of hydrogen-bond acceptors (Lipinski definition) is 3. The van der Waals surface area contributed by atoms with Crippen LogP contribution in [-0.4, -0.2) is 23.0 Å². The summed E-state index contributed by atoms with van der Waals surface area (Å²) < 4.78 is 0. The Hall–Kier alpha value is -4.91. The Morgan fingerprint density at radius 1 is 0.658 bits per heavy atom. The zero-order valence-electron chi connectivity index (χ0n) is 20.8. The second-order valence-corrected chi connectivity index (χ2v) is 8.88. The summed E-state index contributed by atoms with van der Waals surface area (Å²) in [5.41, 5.74) is 4.39. The minimum absolute atomic E-state index is 0.281. The summed E-state index contributed by atoms with van der Waals surface area (Å²) in [4.78, 5) is 36.9. The van der Waals surface area contributed by atoms with Crippen LogP contribution in [0, 0.1) is 0 Å². The molecule has 0 saturated carbocycles. The molecule has 0 bridgehead atoms. The summed E-state index contributed by atoms with van der Waals surface area (Å²) >= 11 is 0. The van der Waals surface area contributed by atoms with Crippen molar-refractivity contribution in [2.75, 3.05) is 5.32 Å². The van der Waals surface area contributed by atoms with E-state index < -0.39 is 11.9 Å². The molecular formula is C31H29N3O4. The Kier molecular flexibility index (Phi) is 8.86. The summed E-state index contributed by atoms with van der Waals surface area (Å²) in [6, 6.07) is 32.6. The van der Waals surface area contributed by atoms with Crippen LogP contribution >= 0.6 is 0 Å². The van der Waals surface area contributed by atoms with Gasteiger partial charge in [0.1, 0.15) is 0 Å². The number of aliphatic carboxylic acids is 1. The van der Waals surface area contributed by atoms with E-state index in [4.69, 9.17) is 0 Å². The van der Waals surface area contributed by atoms with Gasteiger partial charge < -0.3 is 21.1 Å². The molecule has 0 spiro atoms. The van der Waals surface area contributed by atoms with Crippen molar-refractivity contribution >= 4 is 23.6 Å². The first kappa shape index (κ1) is 26.2. The van der Waals surface area contributed by atoms with Gasteiger partial charge in [0.05, 0.1) is 5.92 Å². The van der Waals surface area contributed by atoms with Gasteiger partial charge in [0.25, 0.3) is 5.91 Å². The van der Waals surface area contributed by atoms with Crippen molar-refractivity contribution in [3.63, 3.8) is 0 Å². The van der Waals surface area contributed by atoms with Crippen molar-refractivity contribution in [2.45, 2.75) is 25.4 Å². The molecule has 7 heteroatoms. The number of benzene rings is 4. The fourth-order valence-electron chi connectivity index (χ4n) is 4.11. The minimum Gasteiger partial charge on any atom is -0.481 e. The van der Waals surface area contributed by atoms with Crippen LogP contribution in [0.3, 0.4) is 0 Å². The first-order valence-corrected chi connectivity index (χ1v) is 12.3. The van der Waals surface area contributed by atoms with Crippen LogP contribution < -0.4 is 16.0 Å². The summed E-state index contributed by atoms with van der Waals surface area (Å²) in [6.45, 7) is 0.676. The van der Waals surface area contributed by atoms with Crippen LogP contribution in [0.15, 0.2) is 109 Å². The molecule has 0 aromatic heterocycles. The topological polar surface area (TPSA) is 108 Å². The summed E-state index contributed by atoms with van der Waals surface area (Å²) in [5, 5.41) is 18.2. The standard InChI is InChI=1S/C31H29N3O4/c35-29(26-15-8-16-27(19-26)34-31(38)33-20-22-9-3-1-4-10-22)32-21-24-12-7-11-23(17-24)18-28(30(36)37)25-13-5-2-6-14-25/h1-17,19,28H,18,20-21H2,(H,32,35)(H,36,37)(H2,33,34,38). The van der Waals surface area contributed by atoms with E-state index in [1.54, 1.807) is 24.3 Å². The number of nitrogens with one attached hydrogen (secondary N) is 3. The molecule has 0 aliphatic heterocycles. The summed E-state index contributed by atoms with van der Waals surface area (Å²) in [7, 11) is 0. The molecule has 0 aliphatic carbocycles. The van der Waals surface area contributed by atoms with E-state index in [1.807, 2.05) is 84.9 Å². The van der Waals surface area contributed by atoms with Crippen LogP contribution in [0.4, 0.5) is 10.5 Å². The first-order valence-electron chi connectivity index (χ1n) is 12.3. The Morgan fingerprint density at radius 3 is 2.03 bits per heavy atom. The van der Waals surface area contributed by atoms with Crippen LogP contribution in [0.25, 0.3) is 0 Å². The number of carboxylic acids is 1. The maximum atomic E-state index is 12.8. The number of carboxylic acid groups (broad SMARTS) is 1. The van der Waals surface area contributed by atoms with Crippen molar-refractivity contribution in [3.05, 3.63) is 137 Å². The quantitative estimate of drug-likeness (QED) is 0.232. The van der Waals surface area contributed by atoms with Crippen molar-refractivity contribution in [1.29, 1.82) is 0 Å². The highest BCUT2D eigenvalue weighted by molar-refractivity contribution is 5.96. The molecule has 0 heterocycles. The van der Waals surface area contributed by atoms with E-state index in [-0.39, 0.29) is 18.5 Å². The fourth-order valence-corrected chi connectivity index (χ4v) is 4.11. The molecule has 1 atom stereocenters. The van der Waals surface area contributed by atoms with Crippen LogP contribution in [-0.2, 0) is 24.3 Å². The second kappa shape index (κ2) is 12.9. The largest absolute Gasteiger partial charge is 0.481 e. The maximum Gasteiger partial charge on any atom is 0.319 e. The van der Waals surface area contributed by atoms with Gasteiger partial charge >= 0.3 is 12.0 Å². The van der Waals surface area contributed by atoms with Gasteiger partial charge in [0.15, 0.2) is 0 Å². The minimum atomic E-state index is -0.878. The van der Waals surface area contributed by atoms with Crippen molar-refractivity contribution < 1.29 is 19.5 Å². The average Bonchev–Trinajstić information content (AvgIpc) is 2.95. The molecule has 7 nitrogen and oxygen atoms in total. The number of anilines is 1. The molecule has 192 valence electrons. The zero-order valence-corrected chi connectivity index (χ0v) is 20.8. The van der Waals surface area contributed by atoms with Gasteiger partial charge in [-0.15, -0.1) is 0 Å². The molecule has 4 N–H and O–H groups in total. The van der Waals surface area contributed by atoms with Crippen LogP contribution in [0.2, 0.25) is 0 Å². The Labute approximate surface area is 221 Å². The lowest BCUT2D eigenvalue weighted by Gasteiger charge is -2.14. The van der Waals surface area contributed by atoms with Gasteiger partial charge in [-0.05, 0) is 46.9 Å². The van der Waals surface area contributed by atoms with E-state index >= 15 is 0 Å². The van der Waals surface area contributed by atoms with Gasteiger partial charge in [0.2, 0.25) is 0 Å². The lowest BCUT2D eigenvalue weighted by Crippen LogP contribution is -2.28. The van der Waals surface area contributed by atoms with Gasteiger partial charge in [-0.1, -0.05) is 91.0 Å². The Morgan fingerprint density at radius 2 is 1.29 bits per heavy atom.